The number of nitrogens with zero attached hydrogens (tertiary/aromatic N) is 6. The van der Waals surface area contributed by atoms with Gasteiger partial charge in [-0.15, -0.1) is 0 Å². The number of hydrogen-bond donors (Lipinski definition) is 2. The fourth-order valence-corrected chi connectivity index (χ4v) is 8.89. The van der Waals surface area contributed by atoms with Gasteiger partial charge in [0.1, 0.15) is 11.1 Å². The van der Waals surface area contributed by atoms with Gasteiger partial charge < -0.3 is 20.1 Å². The maximum atomic E-state index is 15.7. The first-order valence-electron chi connectivity index (χ1n) is 19.3. The molecule has 10 nitrogen and oxygen atoms in total. The number of nitrogens with one attached hydrogen (secondary N) is 2. The molecule has 1 saturated heterocycles. The van der Waals surface area contributed by atoms with Gasteiger partial charge in [0, 0.05) is 47.1 Å². The second-order valence-electron chi connectivity index (χ2n) is 17.4. The molecule has 3 fully saturated rings. The molecule has 2 N–H and O–H groups in total. The summed E-state index contributed by atoms with van der Waals surface area (Å²) in [5, 5.41) is 5.27. The number of imidazole rings is 1. The van der Waals surface area contributed by atoms with Crippen LogP contribution in [0, 0.1) is 24.5 Å². The highest BCUT2D eigenvalue weighted by Gasteiger charge is 2.55. The number of piperidine rings is 1. The summed E-state index contributed by atoms with van der Waals surface area (Å²) in [6.07, 6.45) is 4.84. The lowest BCUT2D eigenvalue weighted by Crippen LogP contribution is -2.64. The first-order valence-corrected chi connectivity index (χ1v) is 19.3. The third-order valence-electron chi connectivity index (χ3n) is 12.5. The van der Waals surface area contributed by atoms with Crippen molar-refractivity contribution in [3.63, 3.8) is 0 Å². The molecule has 1 unspecified atom stereocenters. The zero-order valence-corrected chi connectivity index (χ0v) is 32.4. The Hall–Kier alpha value is -4.59. The summed E-state index contributed by atoms with van der Waals surface area (Å²) >= 11 is 0. The second-order valence-corrected chi connectivity index (χ2v) is 17.4. The molecule has 0 spiro atoms. The van der Waals surface area contributed by atoms with E-state index >= 15 is 8.78 Å². The zero-order chi connectivity index (χ0) is 39.4. The van der Waals surface area contributed by atoms with Crippen molar-refractivity contribution in [3.8, 4) is 11.3 Å². The Morgan fingerprint density at radius 2 is 1.76 bits per heavy atom. The molecule has 4 aliphatic rings. The lowest BCUT2D eigenvalue weighted by molar-refractivity contribution is -0.124. The molecule has 1 aromatic carbocycles. The molecule has 292 valence electrons. The minimum absolute atomic E-state index is 0.00512. The van der Waals surface area contributed by atoms with E-state index in [-0.39, 0.29) is 59.0 Å². The summed E-state index contributed by atoms with van der Waals surface area (Å²) in [6, 6.07) is 4.77. The molecule has 4 aromatic rings. The Labute approximate surface area is 318 Å². The van der Waals surface area contributed by atoms with Crippen molar-refractivity contribution in [2.45, 2.75) is 122 Å². The summed E-state index contributed by atoms with van der Waals surface area (Å²) in [7, 11) is 0. The van der Waals surface area contributed by atoms with E-state index in [0.29, 0.717) is 33.9 Å². The molecule has 14 heteroatoms. The van der Waals surface area contributed by atoms with E-state index in [1.807, 2.05) is 43.2 Å². The molecule has 3 aromatic heterocycles. The number of aromatic nitrogens is 4. The van der Waals surface area contributed by atoms with Crippen LogP contribution in [0.5, 0.6) is 0 Å². The number of halogens is 4. The Kier molecular flexibility index (Phi) is 8.82. The van der Waals surface area contributed by atoms with Crippen LogP contribution < -0.4 is 15.5 Å². The third-order valence-corrected chi connectivity index (χ3v) is 12.5. The van der Waals surface area contributed by atoms with Gasteiger partial charge in [0.25, 0.3) is 12.3 Å². The van der Waals surface area contributed by atoms with Crippen LogP contribution in [-0.2, 0) is 10.2 Å². The fraction of sp³-hybridized carbons (Fsp3) is 0.537. The maximum Gasteiger partial charge on any atom is 0.261 e. The highest BCUT2D eigenvalue weighted by atomic mass is 19.3. The average molecular weight is 761 g/mol. The minimum atomic E-state index is -2.79. The third kappa shape index (κ3) is 6.06. The average Bonchev–Trinajstić information content (AvgIpc) is 3.73. The largest absolute Gasteiger partial charge is 0.341 e. The van der Waals surface area contributed by atoms with Gasteiger partial charge in [-0.3, -0.25) is 19.5 Å². The number of alkyl halides is 2. The predicted octanol–water partition coefficient (Wildman–Crippen LogP) is 8.21. The number of anilines is 3. The Morgan fingerprint density at radius 3 is 2.42 bits per heavy atom. The number of fused-ring (bicyclic) bond motifs is 2. The summed E-state index contributed by atoms with van der Waals surface area (Å²) < 4.78 is 60.3. The van der Waals surface area contributed by atoms with Gasteiger partial charge in [0.05, 0.1) is 40.0 Å². The van der Waals surface area contributed by atoms with Gasteiger partial charge in [-0.1, -0.05) is 6.92 Å². The predicted molar refractivity (Wildman–Crippen MR) is 203 cm³/mol. The zero-order valence-electron chi connectivity index (χ0n) is 32.4. The lowest BCUT2D eigenvalue weighted by Gasteiger charge is -2.56. The second kappa shape index (κ2) is 13.0. The van der Waals surface area contributed by atoms with E-state index in [9.17, 15) is 18.4 Å². The van der Waals surface area contributed by atoms with E-state index in [4.69, 9.17) is 9.97 Å². The van der Waals surface area contributed by atoms with Gasteiger partial charge in [-0.25, -0.2) is 27.5 Å². The van der Waals surface area contributed by atoms with Crippen molar-refractivity contribution in [2.24, 2.45) is 5.92 Å². The van der Waals surface area contributed by atoms with E-state index in [1.54, 1.807) is 18.6 Å². The molecule has 1 atom stereocenters. The van der Waals surface area contributed by atoms with Crippen LogP contribution >= 0.6 is 0 Å². The number of amides is 2. The Morgan fingerprint density at radius 1 is 1.04 bits per heavy atom. The van der Waals surface area contributed by atoms with E-state index in [2.05, 4.69) is 34.4 Å². The van der Waals surface area contributed by atoms with E-state index in [1.165, 1.54) is 19.8 Å². The number of rotatable bonds is 9. The van der Waals surface area contributed by atoms with Crippen LogP contribution in [0.4, 0.5) is 34.8 Å². The Balaban J connectivity index is 1.16. The fourth-order valence-electron chi connectivity index (χ4n) is 8.89. The quantitative estimate of drug-likeness (QED) is 0.166. The van der Waals surface area contributed by atoms with Gasteiger partial charge in [-0.05, 0) is 111 Å². The van der Waals surface area contributed by atoms with Crippen molar-refractivity contribution >= 4 is 40.0 Å². The summed E-state index contributed by atoms with van der Waals surface area (Å²) in [5.74, 6) is -2.65. The van der Waals surface area contributed by atoms with Crippen LogP contribution in [0.2, 0.25) is 0 Å². The normalized spacial score (nSPS) is 24.4. The monoisotopic (exact) mass is 760 g/mol. The SMILES string of the molecule is Cc1c(C(=O)NC2(C(F)F)CC2)cc(Nc2nc(-c3cnc4c(c3)N([C@H]3C[C@@](C)(N5CCCC(C)C5)C3)C(=O)C4(C)C)cc3ncn(C(C)C)c23)c(F)c1F. The minimum Gasteiger partial charge on any atom is -0.341 e. The van der Waals surface area contributed by atoms with Crippen LogP contribution in [-0.4, -0.2) is 72.9 Å². The van der Waals surface area contributed by atoms with Gasteiger partial charge in [0.15, 0.2) is 17.5 Å². The molecule has 5 heterocycles. The molecule has 8 rings (SSSR count). The molecule has 2 amide bonds. The number of carbonyl (C=O) groups excluding carboxylic acids is 2. The smallest absolute Gasteiger partial charge is 0.261 e. The number of likely N-dealkylation sites (tertiary alicyclic amines) is 1. The van der Waals surface area contributed by atoms with E-state index in [0.717, 1.165) is 37.7 Å². The maximum absolute atomic E-state index is 15.7. The topological polar surface area (TPSA) is 108 Å². The van der Waals surface area contributed by atoms with Crippen molar-refractivity contribution in [2.75, 3.05) is 23.3 Å². The summed E-state index contributed by atoms with van der Waals surface area (Å²) in [4.78, 5) is 46.2. The summed E-state index contributed by atoms with van der Waals surface area (Å²) in [5.41, 5.74) is 0.0337. The van der Waals surface area contributed by atoms with Crippen molar-refractivity contribution in [1.29, 1.82) is 0 Å². The summed E-state index contributed by atoms with van der Waals surface area (Å²) in [6.45, 7) is 15.7. The molecule has 2 aliphatic heterocycles. The molecule has 2 saturated carbocycles. The van der Waals surface area contributed by atoms with Gasteiger partial charge >= 0.3 is 0 Å². The first kappa shape index (κ1) is 37.3. The molecule has 0 radical (unpaired) electrons. The van der Waals surface area contributed by atoms with Crippen LogP contribution in [0.15, 0.2) is 30.7 Å². The lowest BCUT2D eigenvalue weighted by atomic mass is 9.70. The number of hydrogen-bond acceptors (Lipinski definition) is 7. The molecular formula is C41H48F4N8O2. The molecule has 0 bridgehead atoms. The number of benzene rings is 1. The van der Waals surface area contributed by atoms with Crippen molar-refractivity contribution in [1.82, 2.24) is 29.7 Å². The highest BCUT2D eigenvalue weighted by molar-refractivity contribution is 6.08. The molecular weight excluding hydrogens is 712 g/mol. The highest BCUT2D eigenvalue weighted by Crippen LogP contribution is 2.50. The Bertz CT molecular complexity index is 2230. The van der Waals surface area contributed by atoms with Crippen molar-refractivity contribution in [3.05, 3.63) is 59.2 Å². The first-order chi connectivity index (χ1) is 25.9. The van der Waals surface area contributed by atoms with Crippen LogP contribution in [0.3, 0.4) is 0 Å². The van der Waals surface area contributed by atoms with Crippen molar-refractivity contribution < 1.29 is 27.2 Å². The van der Waals surface area contributed by atoms with Crippen LogP contribution in [0.25, 0.3) is 22.3 Å². The molecule has 2 aliphatic carbocycles. The number of carbonyl (C=O) groups is 2. The number of pyridine rings is 2. The van der Waals surface area contributed by atoms with Crippen LogP contribution in [0.1, 0.15) is 108 Å². The van der Waals surface area contributed by atoms with Gasteiger partial charge in [-0.2, -0.15) is 0 Å². The molecule has 55 heavy (non-hydrogen) atoms. The standard InChI is InChI=1S/C41H48F4N8O2/c1-21(2)52-20-47-29-15-27(48-35(33(29)52)49-28-14-26(23(4)31(42)32(28)43)36(54)50-41(10-11-41)37(44)45)24-13-30-34(46-18-24)39(5,6)38(55)53(30)25-16-40(7,17-25)51-12-8-9-22(3)19-51/h13-15,18,20-22,25,37H,8-12,16-17,19H2,1-7H3,(H,48,49)(H,50,54)/t22?,25-,40+. The van der Waals surface area contributed by atoms with Gasteiger partial charge in [0.2, 0.25) is 5.91 Å². The van der Waals surface area contributed by atoms with E-state index < -0.39 is 34.9 Å².